The summed E-state index contributed by atoms with van der Waals surface area (Å²) in [6.45, 7) is 0. The molecule has 0 heterocycles. The van der Waals surface area contributed by atoms with Crippen molar-refractivity contribution < 1.29 is 14.7 Å². The van der Waals surface area contributed by atoms with Crippen molar-refractivity contribution in [3.63, 3.8) is 0 Å². The summed E-state index contributed by atoms with van der Waals surface area (Å²) in [6, 6.07) is 6.48. The van der Waals surface area contributed by atoms with Crippen LogP contribution in [0.1, 0.15) is 22.3 Å². The lowest BCUT2D eigenvalue weighted by atomic mass is 10.1. The van der Waals surface area contributed by atoms with E-state index in [1.54, 1.807) is 18.2 Å². The van der Waals surface area contributed by atoms with Crippen molar-refractivity contribution in [3.05, 3.63) is 35.4 Å². The van der Waals surface area contributed by atoms with Gasteiger partial charge in [0.2, 0.25) is 5.91 Å². The number of carbonyl (C=O) groups excluding carboxylic acids is 1. The first-order valence-corrected chi connectivity index (χ1v) is 4.20. The molecule has 0 unspecified atom stereocenters. The molecule has 1 aromatic carbocycles. The van der Waals surface area contributed by atoms with Gasteiger partial charge in [0, 0.05) is 6.42 Å². The summed E-state index contributed by atoms with van der Waals surface area (Å²) in [5.41, 5.74) is 6.02. The largest absolute Gasteiger partial charge is 0.478 e. The molecule has 0 atom stereocenters. The molecule has 0 spiro atoms. The van der Waals surface area contributed by atoms with Crippen LogP contribution in [-0.2, 0) is 11.2 Å². The molecule has 82 valence electrons. The van der Waals surface area contributed by atoms with Crippen molar-refractivity contribution in [1.29, 1.82) is 0 Å². The lowest BCUT2D eigenvalue weighted by Gasteiger charge is -2.00. The highest BCUT2D eigenvalue weighted by Gasteiger charge is 2.03. The van der Waals surface area contributed by atoms with Crippen LogP contribution >= 0.6 is 0 Å². The van der Waals surface area contributed by atoms with E-state index in [1.807, 2.05) is 0 Å². The topological polar surface area (TPSA) is 115 Å². The third-order valence-electron chi connectivity index (χ3n) is 1.83. The fourth-order valence-corrected chi connectivity index (χ4v) is 1.13. The lowest BCUT2D eigenvalue weighted by Crippen LogP contribution is -2.11. The number of hydrogen-bond donors (Lipinski definition) is 3. The maximum atomic E-state index is 10.6. The first-order chi connectivity index (χ1) is 6.59. The van der Waals surface area contributed by atoms with E-state index in [1.165, 1.54) is 6.07 Å². The minimum Gasteiger partial charge on any atom is -0.478 e. The Hall–Kier alpha value is -1.88. The molecule has 0 bridgehead atoms. The van der Waals surface area contributed by atoms with Crippen LogP contribution in [0.15, 0.2) is 24.3 Å². The predicted molar refractivity (Wildman–Crippen MR) is 55.9 cm³/mol. The van der Waals surface area contributed by atoms with Gasteiger partial charge in [-0.3, -0.25) is 4.79 Å². The number of carboxylic acid groups (broad SMARTS) is 1. The molecule has 0 radical (unpaired) electrons. The molecule has 0 aliphatic rings. The first kappa shape index (κ1) is 13.1. The number of carbonyl (C=O) groups is 2. The average Bonchev–Trinajstić information content (AvgIpc) is 2.15. The van der Waals surface area contributed by atoms with Gasteiger partial charge in [0.1, 0.15) is 0 Å². The smallest absolute Gasteiger partial charge is 0.335 e. The van der Waals surface area contributed by atoms with Gasteiger partial charge in [0.15, 0.2) is 0 Å². The second-order valence-corrected chi connectivity index (χ2v) is 2.97. The van der Waals surface area contributed by atoms with Crippen molar-refractivity contribution in [2.45, 2.75) is 12.8 Å². The maximum Gasteiger partial charge on any atom is 0.335 e. The second kappa shape index (κ2) is 5.77. The van der Waals surface area contributed by atoms with Gasteiger partial charge in [-0.25, -0.2) is 4.79 Å². The van der Waals surface area contributed by atoms with Crippen LogP contribution < -0.4 is 11.9 Å². The van der Waals surface area contributed by atoms with Crippen molar-refractivity contribution in [1.82, 2.24) is 6.15 Å². The van der Waals surface area contributed by atoms with Gasteiger partial charge in [-0.05, 0) is 24.1 Å². The molecule has 5 nitrogen and oxygen atoms in total. The van der Waals surface area contributed by atoms with Crippen molar-refractivity contribution in [2.24, 2.45) is 5.73 Å². The van der Waals surface area contributed by atoms with Gasteiger partial charge in [0.05, 0.1) is 5.56 Å². The summed E-state index contributed by atoms with van der Waals surface area (Å²) in [5, 5.41) is 8.70. The normalized spacial score (nSPS) is 9.07. The highest BCUT2D eigenvalue weighted by molar-refractivity contribution is 5.87. The summed E-state index contributed by atoms with van der Waals surface area (Å²) in [5.74, 6) is -1.35. The van der Waals surface area contributed by atoms with Crippen LogP contribution in [0.4, 0.5) is 0 Å². The molecule has 0 aromatic heterocycles. The summed E-state index contributed by atoms with van der Waals surface area (Å²) >= 11 is 0. The third-order valence-corrected chi connectivity index (χ3v) is 1.83. The lowest BCUT2D eigenvalue weighted by molar-refractivity contribution is -0.117. The summed E-state index contributed by atoms with van der Waals surface area (Å²) in [6.07, 6.45) is 0.722. The number of aromatic carboxylic acids is 1. The zero-order valence-corrected chi connectivity index (χ0v) is 8.27. The summed E-state index contributed by atoms with van der Waals surface area (Å²) < 4.78 is 0. The standard InChI is InChI=1S/C10H11NO3.H3N/c11-9(12)5-4-7-2-1-3-8(6-7)10(13)14;/h1-3,6H,4-5H2,(H2,11,12)(H,13,14);1H3. The molecule has 15 heavy (non-hydrogen) atoms. The quantitative estimate of drug-likeness (QED) is 0.686. The Morgan fingerprint density at radius 3 is 2.53 bits per heavy atom. The van der Waals surface area contributed by atoms with Crippen LogP contribution in [0.2, 0.25) is 0 Å². The Kier molecular flexibility index (Phi) is 5.04. The second-order valence-electron chi connectivity index (χ2n) is 2.97. The van der Waals surface area contributed by atoms with E-state index in [4.69, 9.17) is 10.8 Å². The number of carboxylic acids is 1. The van der Waals surface area contributed by atoms with Crippen LogP contribution in [0.5, 0.6) is 0 Å². The number of amides is 1. The Labute approximate surface area is 87.5 Å². The molecule has 5 heteroatoms. The molecule has 0 aliphatic carbocycles. The third kappa shape index (κ3) is 4.24. The first-order valence-electron chi connectivity index (χ1n) is 4.20. The van der Waals surface area contributed by atoms with Crippen molar-refractivity contribution >= 4 is 11.9 Å². The molecule has 0 saturated heterocycles. The molecule has 6 N–H and O–H groups in total. The van der Waals surface area contributed by atoms with Crippen LogP contribution in [0, 0.1) is 0 Å². The number of rotatable bonds is 4. The molecule has 1 aromatic rings. The maximum absolute atomic E-state index is 10.6. The number of hydrogen-bond acceptors (Lipinski definition) is 3. The Bertz CT molecular complexity index is 363. The molecule has 1 amide bonds. The van der Waals surface area contributed by atoms with Gasteiger partial charge >= 0.3 is 5.97 Å². The minimum absolute atomic E-state index is 0. The van der Waals surface area contributed by atoms with Crippen LogP contribution in [-0.4, -0.2) is 17.0 Å². The monoisotopic (exact) mass is 210 g/mol. The van der Waals surface area contributed by atoms with E-state index in [0.717, 1.165) is 5.56 Å². The Balaban J connectivity index is 0.00000196. The predicted octanol–water partition coefficient (Wildman–Crippen LogP) is 0.965. The van der Waals surface area contributed by atoms with Gasteiger partial charge in [-0.15, -0.1) is 0 Å². The van der Waals surface area contributed by atoms with Crippen molar-refractivity contribution in [2.75, 3.05) is 0 Å². The van der Waals surface area contributed by atoms with Gasteiger partial charge in [-0.1, -0.05) is 12.1 Å². The average molecular weight is 210 g/mol. The molecule has 1 rings (SSSR count). The Morgan fingerprint density at radius 1 is 1.33 bits per heavy atom. The minimum atomic E-state index is -0.967. The number of nitrogens with two attached hydrogens (primary N) is 1. The van der Waals surface area contributed by atoms with E-state index < -0.39 is 5.97 Å². The zero-order valence-electron chi connectivity index (χ0n) is 8.27. The summed E-state index contributed by atoms with van der Waals surface area (Å²) in [4.78, 5) is 21.1. The number of primary amides is 1. The van der Waals surface area contributed by atoms with Crippen LogP contribution in [0.25, 0.3) is 0 Å². The molecule has 0 fully saturated rings. The van der Waals surface area contributed by atoms with Gasteiger partial charge in [0.25, 0.3) is 0 Å². The van der Waals surface area contributed by atoms with E-state index >= 15 is 0 Å². The zero-order chi connectivity index (χ0) is 10.6. The fourth-order valence-electron chi connectivity index (χ4n) is 1.13. The molecular weight excluding hydrogens is 196 g/mol. The highest BCUT2D eigenvalue weighted by atomic mass is 16.4. The van der Waals surface area contributed by atoms with E-state index in [9.17, 15) is 9.59 Å². The fraction of sp³-hybridized carbons (Fsp3) is 0.200. The number of aryl methyl sites for hydroxylation is 1. The van der Waals surface area contributed by atoms with Crippen LogP contribution in [0.3, 0.4) is 0 Å². The number of benzene rings is 1. The highest BCUT2D eigenvalue weighted by Crippen LogP contribution is 2.07. The van der Waals surface area contributed by atoms with Crippen molar-refractivity contribution in [3.8, 4) is 0 Å². The molecule has 0 aliphatic heterocycles. The van der Waals surface area contributed by atoms with Gasteiger partial charge in [-0.2, -0.15) is 0 Å². The van der Waals surface area contributed by atoms with E-state index in [0.29, 0.717) is 6.42 Å². The molecule has 0 saturated carbocycles. The van der Waals surface area contributed by atoms with E-state index in [2.05, 4.69) is 0 Å². The Morgan fingerprint density at radius 2 is 2.00 bits per heavy atom. The van der Waals surface area contributed by atoms with Gasteiger partial charge < -0.3 is 17.0 Å². The molecular formula is C10H14N2O3. The van der Waals surface area contributed by atoms with E-state index in [-0.39, 0.29) is 24.0 Å². The SMILES string of the molecule is N.NC(=O)CCc1cccc(C(=O)O)c1. The summed E-state index contributed by atoms with van der Waals surface area (Å²) in [7, 11) is 0.